The van der Waals surface area contributed by atoms with Gasteiger partial charge < -0.3 is 18.9 Å². The molecule has 0 aromatic carbocycles. The minimum atomic E-state index is -0.393. The van der Waals surface area contributed by atoms with Crippen molar-refractivity contribution in [2.75, 3.05) is 33.0 Å². The average molecular weight is 446 g/mol. The summed E-state index contributed by atoms with van der Waals surface area (Å²) in [4.78, 5) is 5.84. The summed E-state index contributed by atoms with van der Waals surface area (Å²) >= 11 is 0. The fraction of sp³-hybridized carbons (Fsp3) is 0.846. The summed E-state index contributed by atoms with van der Waals surface area (Å²) in [7, 11) is 0. The first-order valence-electron chi connectivity index (χ1n) is 12.7. The van der Waals surface area contributed by atoms with Gasteiger partial charge in [-0.15, -0.1) is 6.58 Å². The van der Waals surface area contributed by atoms with Gasteiger partial charge in [-0.25, -0.2) is 0 Å². The predicted octanol–water partition coefficient (Wildman–Crippen LogP) is 4.33. The highest BCUT2D eigenvalue weighted by Gasteiger charge is 2.68. The molecule has 5 fully saturated rings. The molecule has 6 nitrogen and oxygen atoms in total. The number of rotatable bonds is 4. The Hall–Kier alpha value is -0.920. The van der Waals surface area contributed by atoms with E-state index in [-0.39, 0.29) is 16.6 Å². The Labute approximate surface area is 192 Å². The molecule has 4 aliphatic carbocycles. The number of allylic oxidation sites excluding steroid dienone is 2. The molecule has 2 saturated heterocycles. The molecule has 2 heterocycles. The lowest BCUT2D eigenvalue weighted by atomic mass is 9.46. The van der Waals surface area contributed by atoms with Gasteiger partial charge in [0.1, 0.15) is 0 Å². The van der Waals surface area contributed by atoms with Gasteiger partial charge in [0.25, 0.3) is 0 Å². The second-order valence-electron chi connectivity index (χ2n) is 11.4. The van der Waals surface area contributed by atoms with E-state index in [1.54, 1.807) is 6.08 Å². The van der Waals surface area contributed by atoms with Gasteiger partial charge in [-0.05, 0) is 48.9 Å². The lowest BCUT2D eigenvalue weighted by Crippen LogP contribution is -2.59. The van der Waals surface area contributed by atoms with Crippen LogP contribution in [0.25, 0.3) is 0 Å². The van der Waals surface area contributed by atoms with Gasteiger partial charge in [0.2, 0.25) is 0 Å². The van der Waals surface area contributed by atoms with Crippen LogP contribution in [0.15, 0.2) is 24.4 Å². The van der Waals surface area contributed by atoms with Crippen molar-refractivity contribution in [1.29, 1.82) is 0 Å². The van der Waals surface area contributed by atoms with Gasteiger partial charge >= 0.3 is 0 Å². The van der Waals surface area contributed by atoms with Crippen molar-refractivity contribution >= 4 is 0 Å². The summed E-state index contributed by atoms with van der Waals surface area (Å²) in [5.74, 6) is 1.22. The highest BCUT2D eigenvalue weighted by molar-refractivity contribution is 5.25. The molecular formula is C26H39NO5. The molecule has 2 spiro atoms. The average Bonchev–Trinajstić information content (AvgIpc) is 3.51. The van der Waals surface area contributed by atoms with Crippen LogP contribution in [0.1, 0.15) is 58.8 Å². The first-order valence-corrected chi connectivity index (χ1v) is 12.7. The fourth-order valence-electron chi connectivity index (χ4n) is 8.60. The van der Waals surface area contributed by atoms with E-state index in [2.05, 4.69) is 32.0 Å². The number of ether oxygens (including phenoxy) is 4. The summed E-state index contributed by atoms with van der Waals surface area (Å²) in [6.07, 6.45) is 11.9. The fourth-order valence-corrected chi connectivity index (χ4v) is 8.60. The maximum Gasteiger partial charge on any atom is 0.174 e. The van der Waals surface area contributed by atoms with E-state index in [9.17, 15) is 0 Å². The van der Waals surface area contributed by atoms with E-state index in [0.717, 1.165) is 58.5 Å². The zero-order valence-corrected chi connectivity index (χ0v) is 19.7. The maximum absolute atomic E-state index is 6.34. The summed E-state index contributed by atoms with van der Waals surface area (Å²) in [5, 5.41) is 0. The van der Waals surface area contributed by atoms with E-state index in [1.807, 2.05) is 0 Å². The first kappa shape index (κ1) is 21.6. The molecule has 0 aromatic rings. The second kappa shape index (κ2) is 7.54. The molecule has 178 valence electrons. The normalized spacial score (nSPS) is 45.9. The Morgan fingerprint density at radius 1 is 1.00 bits per heavy atom. The molecule has 1 N–H and O–H groups in total. The van der Waals surface area contributed by atoms with Crippen molar-refractivity contribution in [2.45, 2.75) is 70.4 Å². The van der Waals surface area contributed by atoms with Crippen molar-refractivity contribution in [1.82, 2.24) is 5.48 Å². The number of fused-ring (bicyclic) bond motifs is 6. The lowest BCUT2D eigenvalue weighted by Gasteiger charge is -2.61. The van der Waals surface area contributed by atoms with Gasteiger partial charge in [0, 0.05) is 36.3 Å². The molecule has 6 heteroatoms. The topological polar surface area (TPSA) is 58.2 Å². The molecule has 0 amide bonds. The Balaban J connectivity index is 1.37. The molecular weight excluding hydrogens is 406 g/mol. The zero-order valence-electron chi connectivity index (χ0n) is 19.7. The molecule has 2 aliphatic heterocycles. The molecule has 0 radical (unpaired) electrons. The van der Waals surface area contributed by atoms with Crippen LogP contribution < -0.4 is 5.48 Å². The molecule has 32 heavy (non-hydrogen) atoms. The smallest absolute Gasteiger partial charge is 0.174 e. The third-order valence-corrected chi connectivity index (χ3v) is 10.3. The summed E-state index contributed by atoms with van der Waals surface area (Å²) in [5.41, 5.74) is 4.93. The van der Waals surface area contributed by atoms with Gasteiger partial charge in [0.05, 0.1) is 33.0 Å². The zero-order chi connectivity index (χ0) is 22.0. The minimum absolute atomic E-state index is 0.0423. The van der Waals surface area contributed by atoms with Gasteiger partial charge in [-0.2, -0.15) is 0 Å². The Bertz CT molecular complexity index is 785. The van der Waals surface area contributed by atoms with Crippen molar-refractivity contribution in [3.63, 3.8) is 0 Å². The predicted molar refractivity (Wildman–Crippen MR) is 119 cm³/mol. The monoisotopic (exact) mass is 445 g/mol. The summed E-state index contributed by atoms with van der Waals surface area (Å²) in [6, 6.07) is 0. The molecule has 6 aliphatic rings. The van der Waals surface area contributed by atoms with Gasteiger partial charge in [-0.1, -0.05) is 26.0 Å². The standard InChI is InChI=1S/C26H39NO5/c1-4-11-32-27-21-16-18-17-25(28-12-13-29-25)10-9-23(18,2)19-5-7-24(3)20(22(19)21)6-8-26(24)30-14-15-31-26/h4,16,18-20,22,27H,1,5-15,17H2,2-3H3/t18?,19-,20-,22+,23-,24-/m0/s1. The van der Waals surface area contributed by atoms with E-state index >= 15 is 0 Å². The van der Waals surface area contributed by atoms with Gasteiger partial charge in [-0.3, -0.25) is 10.3 Å². The van der Waals surface area contributed by atoms with Crippen molar-refractivity contribution < 1.29 is 23.8 Å². The Morgan fingerprint density at radius 2 is 1.72 bits per heavy atom. The summed E-state index contributed by atoms with van der Waals surface area (Å²) < 4.78 is 25.0. The third kappa shape index (κ3) is 2.89. The Morgan fingerprint density at radius 3 is 2.47 bits per heavy atom. The highest BCUT2D eigenvalue weighted by atomic mass is 16.7. The third-order valence-electron chi connectivity index (χ3n) is 10.3. The van der Waals surface area contributed by atoms with Crippen LogP contribution in [0.2, 0.25) is 0 Å². The van der Waals surface area contributed by atoms with Crippen LogP contribution in [0.5, 0.6) is 0 Å². The van der Waals surface area contributed by atoms with Crippen LogP contribution in [0.4, 0.5) is 0 Å². The van der Waals surface area contributed by atoms with Crippen LogP contribution in [-0.2, 0) is 23.8 Å². The number of hydrogen-bond acceptors (Lipinski definition) is 6. The minimum Gasteiger partial charge on any atom is -0.348 e. The molecule has 6 rings (SSSR count). The quantitative estimate of drug-likeness (QED) is 0.395. The van der Waals surface area contributed by atoms with Crippen molar-refractivity contribution in [2.24, 2.45) is 34.5 Å². The largest absolute Gasteiger partial charge is 0.348 e. The number of nitrogens with one attached hydrogen (secondary N) is 1. The highest BCUT2D eigenvalue weighted by Crippen LogP contribution is 2.69. The van der Waals surface area contributed by atoms with Gasteiger partial charge in [0.15, 0.2) is 11.6 Å². The van der Waals surface area contributed by atoms with E-state index in [0.29, 0.717) is 30.3 Å². The molecule has 0 bridgehead atoms. The van der Waals surface area contributed by atoms with Crippen LogP contribution in [0, 0.1) is 34.5 Å². The van der Waals surface area contributed by atoms with Crippen LogP contribution in [0.3, 0.4) is 0 Å². The first-order chi connectivity index (χ1) is 15.5. The van der Waals surface area contributed by atoms with Crippen molar-refractivity contribution in [3.8, 4) is 0 Å². The molecule has 6 atom stereocenters. The van der Waals surface area contributed by atoms with E-state index in [4.69, 9.17) is 23.8 Å². The summed E-state index contributed by atoms with van der Waals surface area (Å²) in [6.45, 7) is 12.1. The van der Waals surface area contributed by atoms with E-state index in [1.165, 1.54) is 18.5 Å². The SMILES string of the molecule is C=CCONC1=CC2CC3(CC[C@]2(C)[C@H]2CC[C@@]4(C)[C@@H](CCC45OCCO5)[C@H]12)OCCO3. The number of hydroxylamine groups is 1. The Kier molecular flexibility index (Phi) is 5.09. The molecule has 0 aromatic heterocycles. The number of hydrogen-bond donors (Lipinski definition) is 1. The maximum atomic E-state index is 6.34. The van der Waals surface area contributed by atoms with Crippen LogP contribution >= 0.6 is 0 Å². The lowest BCUT2D eigenvalue weighted by molar-refractivity contribution is -0.248. The van der Waals surface area contributed by atoms with Crippen molar-refractivity contribution in [3.05, 3.63) is 24.4 Å². The second-order valence-corrected chi connectivity index (χ2v) is 11.4. The molecule has 1 unspecified atom stereocenters. The molecule has 3 saturated carbocycles. The van der Waals surface area contributed by atoms with E-state index < -0.39 is 5.79 Å². The van der Waals surface area contributed by atoms with Crippen LogP contribution in [-0.4, -0.2) is 44.6 Å².